The minimum atomic E-state index is 0.131. The van der Waals surface area contributed by atoms with Crippen LogP contribution in [0.4, 0.5) is 17.5 Å². The molecular weight excluding hydrogens is 364 g/mol. The van der Waals surface area contributed by atoms with Gasteiger partial charge in [-0.3, -0.25) is 4.68 Å². The number of ether oxygens (including phenoxy) is 1. The van der Waals surface area contributed by atoms with Crippen LogP contribution in [0.2, 0.25) is 5.02 Å². The van der Waals surface area contributed by atoms with E-state index in [0.717, 1.165) is 41.2 Å². The first-order valence-corrected chi connectivity index (χ1v) is 9.42. The first-order chi connectivity index (χ1) is 12.9. The monoisotopic (exact) mass is 386 g/mol. The van der Waals surface area contributed by atoms with Gasteiger partial charge in [-0.2, -0.15) is 15.1 Å². The number of nitrogens with one attached hydrogen (secondary N) is 1. The van der Waals surface area contributed by atoms with Crippen molar-refractivity contribution in [1.82, 2.24) is 19.7 Å². The topological polar surface area (TPSA) is 68.1 Å². The lowest BCUT2D eigenvalue weighted by Crippen LogP contribution is -2.46. The van der Waals surface area contributed by atoms with Gasteiger partial charge in [0.05, 0.1) is 23.8 Å². The number of nitrogens with zero attached hydrogens (tertiary/aromatic N) is 5. The van der Waals surface area contributed by atoms with Crippen molar-refractivity contribution in [2.45, 2.75) is 33.0 Å². The third-order valence-electron chi connectivity index (χ3n) is 4.72. The average molecular weight is 387 g/mol. The molecule has 0 radical (unpaired) electrons. The highest BCUT2D eigenvalue weighted by Crippen LogP contribution is 2.29. The highest BCUT2D eigenvalue weighted by molar-refractivity contribution is 6.31. The molecule has 0 aliphatic carbocycles. The molecule has 1 aromatic carbocycles. The molecule has 0 saturated carbocycles. The normalized spacial score (nSPS) is 20.3. The number of hydrogen-bond acceptors (Lipinski definition) is 6. The second-order valence-corrected chi connectivity index (χ2v) is 7.54. The Labute approximate surface area is 163 Å². The fraction of sp³-hybridized carbons (Fsp3) is 0.421. The summed E-state index contributed by atoms with van der Waals surface area (Å²) in [5, 5.41) is 9.32. The van der Waals surface area contributed by atoms with Crippen LogP contribution in [0.1, 0.15) is 19.4 Å². The Hall–Kier alpha value is -2.38. The second-order valence-electron chi connectivity index (χ2n) is 7.13. The van der Waals surface area contributed by atoms with Gasteiger partial charge in [-0.1, -0.05) is 17.7 Å². The maximum Gasteiger partial charge on any atom is 0.229 e. The van der Waals surface area contributed by atoms with Gasteiger partial charge in [-0.25, -0.2) is 0 Å². The summed E-state index contributed by atoms with van der Waals surface area (Å²) in [5.74, 6) is 1.39. The Kier molecular flexibility index (Phi) is 4.65. The molecule has 8 heteroatoms. The van der Waals surface area contributed by atoms with Gasteiger partial charge in [0.1, 0.15) is 5.82 Å². The van der Waals surface area contributed by atoms with Gasteiger partial charge in [-0.15, -0.1) is 0 Å². The SMILES string of the molecule is Cc1ccc(Nc2nc(N3C[C@H](C)O[C@@H](C)C3)nc3c2cnn3C)cc1Cl. The summed E-state index contributed by atoms with van der Waals surface area (Å²) in [4.78, 5) is 11.7. The highest BCUT2D eigenvalue weighted by Gasteiger charge is 2.25. The van der Waals surface area contributed by atoms with Crippen LogP contribution in [0, 0.1) is 6.92 Å². The Morgan fingerprint density at radius 1 is 1.19 bits per heavy atom. The van der Waals surface area contributed by atoms with E-state index in [1.54, 1.807) is 10.9 Å². The van der Waals surface area contributed by atoms with Gasteiger partial charge in [0, 0.05) is 30.8 Å². The number of hydrogen-bond donors (Lipinski definition) is 1. The molecule has 3 aromatic rings. The van der Waals surface area contributed by atoms with Crippen molar-refractivity contribution in [3.05, 3.63) is 35.0 Å². The molecule has 2 atom stereocenters. The molecule has 1 aliphatic rings. The number of aromatic nitrogens is 4. The van der Waals surface area contributed by atoms with E-state index in [-0.39, 0.29) is 12.2 Å². The average Bonchev–Trinajstić information content (AvgIpc) is 2.99. The van der Waals surface area contributed by atoms with Crippen LogP contribution in [0.15, 0.2) is 24.4 Å². The van der Waals surface area contributed by atoms with Crippen LogP contribution < -0.4 is 10.2 Å². The Morgan fingerprint density at radius 2 is 1.93 bits per heavy atom. The van der Waals surface area contributed by atoms with Crippen LogP contribution in [0.5, 0.6) is 0 Å². The standard InChI is InChI=1S/C19H23ClN6O/c1-11-5-6-14(7-16(11)20)22-17-15-8-21-25(4)18(15)24-19(23-17)26-9-12(2)27-13(3)10-26/h5-8,12-13H,9-10H2,1-4H3,(H,22,23,24)/t12-,13-/m0/s1. The summed E-state index contributed by atoms with van der Waals surface area (Å²) >= 11 is 6.28. The molecule has 4 rings (SSSR count). The van der Waals surface area contributed by atoms with E-state index < -0.39 is 0 Å². The molecule has 27 heavy (non-hydrogen) atoms. The number of rotatable bonds is 3. The van der Waals surface area contributed by atoms with Gasteiger partial charge < -0.3 is 15.0 Å². The van der Waals surface area contributed by atoms with E-state index in [1.807, 2.05) is 32.2 Å². The summed E-state index contributed by atoms with van der Waals surface area (Å²) in [7, 11) is 1.89. The lowest BCUT2D eigenvalue weighted by molar-refractivity contribution is -0.00569. The molecule has 142 valence electrons. The van der Waals surface area contributed by atoms with Gasteiger partial charge in [-0.05, 0) is 38.5 Å². The maximum absolute atomic E-state index is 6.28. The first-order valence-electron chi connectivity index (χ1n) is 9.04. The van der Waals surface area contributed by atoms with E-state index in [1.165, 1.54) is 0 Å². The van der Waals surface area contributed by atoms with Crippen molar-refractivity contribution in [2.75, 3.05) is 23.3 Å². The molecule has 0 amide bonds. The third-order valence-corrected chi connectivity index (χ3v) is 5.12. The van der Waals surface area contributed by atoms with E-state index in [4.69, 9.17) is 26.3 Å². The summed E-state index contributed by atoms with van der Waals surface area (Å²) in [6.07, 6.45) is 2.04. The van der Waals surface area contributed by atoms with Crippen LogP contribution in [-0.2, 0) is 11.8 Å². The highest BCUT2D eigenvalue weighted by atomic mass is 35.5. The molecule has 0 unspecified atom stereocenters. The van der Waals surface area contributed by atoms with Crippen molar-refractivity contribution >= 4 is 40.1 Å². The van der Waals surface area contributed by atoms with Crippen LogP contribution in [0.25, 0.3) is 11.0 Å². The van der Waals surface area contributed by atoms with Gasteiger partial charge in [0.25, 0.3) is 0 Å². The maximum atomic E-state index is 6.28. The predicted molar refractivity (Wildman–Crippen MR) is 108 cm³/mol. The van der Waals surface area contributed by atoms with E-state index in [0.29, 0.717) is 11.0 Å². The Balaban J connectivity index is 1.76. The third kappa shape index (κ3) is 3.57. The smallest absolute Gasteiger partial charge is 0.229 e. The predicted octanol–water partition coefficient (Wildman–Crippen LogP) is 3.68. The van der Waals surface area contributed by atoms with Crippen molar-refractivity contribution in [3.63, 3.8) is 0 Å². The minimum Gasteiger partial charge on any atom is -0.372 e. The number of morpholine rings is 1. The molecule has 1 saturated heterocycles. The quantitative estimate of drug-likeness (QED) is 0.740. The zero-order valence-corrected chi connectivity index (χ0v) is 16.7. The van der Waals surface area contributed by atoms with Crippen LogP contribution in [0.3, 0.4) is 0 Å². The summed E-state index contributed by atoms with van der Waals surface area (Å²) in [6.45, 7) is 7.62. The van der Waals surface area contributed by atoms with Gasteiger partial charge in [0.2, 0.25) is 5.95 Å². The van der Waals surface area contributed by atoms with E-state index in [9.17, 15) is 0 Å². The number of fused-ring (bicyclic) bond motifs is 1. The lowest BCUT2D eigenvalue weighted by atomic mass is 10.2. The molecule has 2 aromatic heterocycles. The Morgan fingerprint density at radius 3 is 2.63 bits per heavy atom. The van der Waals surface area contributed by atoms with E-state index in [2.05, 4.69) is 29.2 Å². The van der Waals surface area contributed by atoms with Crippen LogP contribution >= 0.6 is 11.6 Å². The molecule has 1 fully saturated rings. The van der Waals surface area contributed by atoms with E-state index >= 15 is 0 Å². The number of halogens is 1. The molecule has 7 nitrogen and oxygen atoms in total. The van der Waals surface area contributed by atoms with Crippen LogP contribution in [-0.4, -0.2) is 45.0 Å². The fourth-order valence-electron chi connectivity index (χ4n) is 3.40. The molecule has 1 N–H and O–H groups in total. The number of anilines is 3. The van der Waals surface area contributed by atoms with Crippen molar-refractivity contribution in [3.8, 4) is 0 Å². The van der Waals surface area contributed by atoms with Crippen molar-refractivity contribution in [1.29, 1.82) is 0 Å². The molecule has 0 spiro atoms. The largest absolute Gasteiger partial charge is 0.372 e. The van der Waals surface area contributed by atoms with Crippen molar-refractivity contribution < 1.29 is 4.74 Å². The van der Waals surface area contributed by atoms with Crippen molar-refractivity contribution in [2.24, 2.45) is 7.05 Å². The minimum absolute atomic E-state index is 0.131. The van der Waals surface area contributed by atoms with Gasteiger partial charge in [0.15, 0.2) is 5.65 Å². The number of aryl methyl sites for hydroxylation is 2. The summed E-state index contributed by atoms with van der Waals surface area (Å²) in [5.41, 5.74) is 2.70. The molecular formula is C19H23ClN6O. The van der Waals surface area contributed by atoms with Gasteiger partial charge >= 0.3 is 0 Å². The Bertz CT molecular complexity index is 978. The molecule has 3 heterocycles. The lowest BCUT2D eigenvalue weighted by Gasteiger charge is -2.35. The molecule has 1 aliphatic heterocycles. The zero-order valence-electron chi connectivity index (χ0n) is 15.9. The second kappa shape index (κ2) is 6.98. The summed E-state index contributed by atoms with van der Waals surface area (Å²) in [6, 6.07) is 5.88. The fourth-order valence-corrected chi connectivity index (χ4v) is 3.58. The zero-order chi connectivity index (χ0) is 19.1. The first kappa shape index (κ1) is 18.0. The number of benzene rings is 1. The summed E-state index contributed by atoms with van der Waals surface area (Å²) < 4.78 is 7.60. The molecule has 0 bridgehead atoms.